The number of ether oxygens (including phenoxy) is 1. The number of non-ortho nitro benzene ring substituents is 1. The fourth-order valence-corrected chi connectivity index (χ4v) is 2.29. The van der Waals surface area contributed by atoms with Crippen molar-refractivity contribution in [3.8, 4) is 0 Å². The molecule has 1 fully saturated rings. The molecule has 2 rings (SSSR count). The van der Waals surface area contributed by atoms with Gasteiger partial charge in [-0.25, -0.2) is 4.79 Å². The summed E-state index contributed by atoms with van der Waals surface area (Å²) in [7, 11) is 0. The molecular weight excluding hydrogens is 318 g/mol. The van der Waals surface area contributed by atoms with E-state index in [4.69, 9.17) is 4.74 Å². The molecule has 1 heterocycles. The second-order valence-electron chi connectivity index (χ2n) is 5.27. The smallest absolute Gasteiger partial charge is 0.338 e. The quantitative estimate of drug-likeness (QED) is 0.449. The SMILES string of the molecule is CC(=O)N1CCN(C(=O)COC(=O)c2ccc([N+](=O)[O-])cc2)CC1. The molecule has 0 bridgehead atoms. The third-order valence-electron chi connectivity index (χ3n) is 3.72. The summed E-state index contributed by atoms with van der Waals surface area (Å²) >= 11 is 0. The molecule has 0 saturated carbocycles. The summed E-state index contributed by atoms with van der Waals surface area (Å²) in [6.07, 6.45) is 0. The van der Waals surface area contributed by atoms with Gasteiger partial charge in [0.2, 0.25) is 5.91 Å². The Labute approximate surface area is 137 Å². The number of amides is 2. The highest BCUT2D eigenvalue weighted by Crippen LogP contribution is 2.12. The molecule has 1 saturated heterocycles. The van der Waals surface area contributed by atoms with Crippen LogP contribution in [-0.4, -0.2) is 65.3 Å². The molecule has 2 amide bonds. The Balaban J connectivity index is 1.82. The molecule has 1 aliphatic rings. The van der Waals surface area contributed by atoms with Gasteiger partial charge >= 0.3 is 5.97 Å². The number of nitrogens with zero attached hydrogens (tertiary/aromatic N) is 3. The number of nitro groups is 1. The molecule has 0 unspecified atom stereocenters. The molecule has 1 aromatic rings. The number of carbonyl (C=O) groups excluding carboxylic acids is 3. The average molecular weight is 335 g/mol. The number of nitro benzene ring substituents is 1. The van der Waals surface area contributed by atoms with Crippen molar-refractivity contribution >= 4 is 23.5 Å². The van der Waals surface area contributed by atoms with Crippen molar-refractivity contribution in [3.63, 3.8) is 0 Å². The van der Waals surface area contributed by atoms with E-state index >= 15 is 0 Å². The zero-order valence-electron chi connectivity index (χ0n) is 13.1. The summed E-state index contributed by atoms with van der Waals surface area (Å²) in [4.78, 5) is 48.2. The normalized spacial score (nSPS) is 14.2. The Morgan fingerprint density at radius 1 is 1.08 bits per heavy atom. The van der Waals surface area contributed by atoms with Crippen LogP contribution < -0.4 is 0 Å². The zero-order chi connectivity index (χ0) is 17.7. The van der Waals surface area contributed by atoms with Gasteiger partial charge in [0.15, 0.2) is 6.61 Å². The van der Waals surface area contributed by atoms with Crippen LogP contribution in [0.5, 0.6) is 0 Å². The minimum Gasteiger partial charge on any atom is -0.452 e. The van der Waals surface area contributed by atoms with Gasteiger partial charge in [-0.1, -0.05) is 0 Å². The highest BCUT2D eigenvalue weighted by Gasteiger charge is 2.23. The summed E-state index contributed by atoms with van der Waals surface area (Å²) in [5.74, 6) is -1.10. The van der Waals surface area contributed by atoms with Crippen molar-refractivity contribution in [2.75, 3.05) is 32.8 Å². The van der Waals surface area contributed by atoms with Crippen molar-refractivity contribution in [2.24, 2.45) is 0 Å². The third-order valence-corrected chi connectivity index (χ3v) is 3.72. The van der Waals surface area contributed by atoms with Crippen LogP contribution in [0.3, 0.4) is 0 Å². The van der Waals surface area contributed by atoms with Crippen LogP contribution in [-0.2, 0) is 14.3 Å². The molecule has 0 N–H and O–H groups in total. The summed E-state index contributed by atoms with van der Waals surface area (Å²) in [6, 6.07) is 4.94. The summed E-state index contributed by atoms with van der Waals surface area (Å²) < 4.78 is 4.94. The maximum atomic E-state index is 12.0. The molecule has 0 aromatic heterocycles. The zero-order valence-corrected chi connectivity index (χ0v) is 13.1. The Kier molecular flexibility index (Phi) is 5.46. The van der Waals surface area contributed by atoms with E-state index in [2.05, 4.69) is 0 Å². The number of benzene rings is 1. The van der Waals surface area contributed by atoms with E-state index in [0.29, 0.717) is 26.2 Å². The van der Waals surface area contributed by atoms with Gasteiger partial charge in [0.25, 0.3) is 11.6 Å². The molecule has 9 nitrogen and oxygen atoms in total. The maximum absolute atomic E-state index is 12.0. The Morgan fingerprint density at radius 3 is 2.12 bits per heavy atom. The number of carbonyl (C=O) groups is 3. The van der Waals surface area contributed by atoms with Crippen LogP contribution in [0.4, 0.5) is 5.69 Å². The lowest BCUT2D eigenvalue weighted by Gasteiger charge is -2.34. The van der Waals surface area contributed by atoms with Crippen LogP contribution in [0, 0.1) is 10.1 Å². The first-order chi connectivity index (χ1) is 11.4. The topological polar surface area (TPSA) is 110 Å². The molecule has 0 spiro atoms. The second kappa shape index (κ2) is 7.53. The molecule has 128 valence electrons. The predicted octanol–water partition coefficient (Wildman–Crippen LogP) is 0.442. The highest BCUT2D eigenvalue weighted by atomic mass is 16.6. The molecule has 24 heavy (non-hydrogen) atoms. The van der Waals surface area contributed by atoms with Crippen LogP contribution in [0.15, 0.2) is 24.3 Å². The fourth-order valence-electron chi connectivity index (χ4n) is 2.29. The van der Waals surface area contributed by atoms with Gasteiger partial charge in [0.1, 0.15) is 0 Å². The van der Waals surface area contributed by atoms with Crippen LogP contribution >= 0.6 is 0 Å². The van der Waals surface area contributed by atoms with E-state index in [1.165, 1.54) is 36.1 Å². The minimum absolute atomic E-state index is 0.0355. The first-order valence-corrected chi connectivity index (χ1v) is 7.33. The van der Waals surface area contributed by atoms with Crippen molar-refractivity contribution in [3.05, 3.63) is 39.9 Å². The number of hydrogen-bond acceptors (Lipinski definition) is 6. The van der Waals surface area contributed by atoms with Crippen molar-refractivity contribution in [1.82, 2.24) is 9.80 Å². The first kappa shape index (κ1) is 17.4. The lowest BCUT2D eigenvalue weighted by atomic mass is 10.2. The van der Waals surface area contributed by atoms with E-state index in [1.54, 1.807) is 4.90 Å². The summed E-state index contributed by atoms with van der Waals surface area (Å²) in [6.45, 7) is 2.77. The Bertz CT molecular complexity index is 650. The summed E-state index contributed by atoms with van der Waals surface area (Å²) in [5, 5.41) is 10.6. The molecular formula is C15H17N3O6. The van der Waals surface area contributed by atoms with Gasteiger partial charge in [0, 0.05) is 45.2 Å². The minimum atomic E-state index is -0.722. The standard InChI is InChI=1S/C15H17N3O6/c1-11(19)16-6-8-17(9-7-16)14(20)10-24-15(21)12-2-4-13(5-3-12)18(22)23/h2-5H,6-10H2,1H3. The lowest BCUT2D eigenvalue weighted by molar-refractivity contribution is -0.384. The van der Waals surface area contributed by atoms with Crippen molar-refractivity contribution in [2.45, 2.75) is 6.92 Å². The van der Waals surface area contributed by atoms with Crippen molar-refractivity contribution < 1.29 is 24.0 Å². The Morgan fingerprint density at radius 2 is 1.62 bits per heavy atom. The predicted molar refractivity (Wildman–Crippen MR) is 82.2 cm³/mol. The number of rotatable bonds is 4. The van der Waals surface area contributed by atoms with E-state index < -0.39 is 17.5 Å². The van der Waals surface area contributed by atoms with Gasteiger partial charge in [-0.15, -0.1) is 0 Å². The third kappa shape index (κ3) is 4.28. The van der Waals surface area contributed by atoms with Crippen LogP contribution in [0.1, 0.15) is 17.3 Å². The molecule has 0 radical (unpaired) electrons. The van der Waals surface area contributed by atoms with E-state index in [9.17, 15) is 24.5 Å². The van der Waals surface area contributed by atoms with Gasteiger partial charge in [0.05, 0.1) is 10.5 Å². The number of hydrogen-bond donors (Lipinski definition) is 0. The van der Waals surface area contributed by atoms with E-state index in [-0.39, 0.29) is 23.1 Å². The maximum Gasteiger partial charge on any atom is 0.338 e. The van der Waals surface area contributed by atoms with Gasteiger partial charge in [-0.05, 0) is 12.1 Å². The average Bonchev–Trinajstić information content (AvgIpc) is 2.59. The first-order valence-electron chi connectivity index (χ1n) is 7.33. The highest BCUT2D eigenvalue weighted by molar-refractivity contribution is 5.91. The van der Waals surface area contributed by atoms with Crippen molar-refractivity contribution in [1.29, 1.82) is 0 Å². The second-order valence-corrected chi connectivity index (χ2v) is 5.27. The molecule has 0 atom stereocenters. The monoisotopic (exact) mass is 335 g/mol. The number of piperazine rings is 1. The number of esters is 1. The summed E-state index contributed by atoms with van der Waals surface area (Å²) in [5.41, 5.74) is 0.000711. The molecule has 1 aliphatic heterocycles. The molecule has 1 aromatic carbocycles. The molecule has 0 aliphatic carbocycles. The van der Waals surface area contributed by atoms with E-state index in [1.807, 2.05) is 0 Å². The van der Waals surface area contributed by atoms with Gasteiger partial charge in [-0.2, -0.15) is 0 Å². The Hall–Kier alpha value is -2.97. The molecule has 9 heteroatoms. The largest absolute Gasteiger partial charge is 0.452 e. The van der Waals surface area contributed by atoms with Gasteiger partial charge in [-0.3, -0.25) is 19.7 Å². The van der Waals surface area contributed by atoms with Gasteiger partial charge < -0.3 is 14.5 Å². The lowest BCUT2D eigenvalue weighted by Crippen LogP contribution is -2.51. The van der Waals surface area contributed by atoms with E-state index in [0.717, 1.165) is 0 Å². The van der Waals surface area contributed by atoms with Crippen LogP contribution in [0.2, 0.25) is 0 Å². The van der Waals surface area contributed by atoms with Crippen LogP contribution in [0.25, 0.3) is 0 Å². The fraction of sp³-hybridized carbons (Fsp3) is 0.400.